The molecule has 146 valence electrons. The first-order chi connectivity index (χ1) is 13.5. The van der Waals surface area contributed by atoms with Crippen LogP contribution in [0.3, 0.4) is 0 Å². The second-order valence-corrected chi connectivity index (χ2v) is 9.12. The molecule has 2 aromatic rings. The van der Waals surface area contributed by atoms with Gasteiger partial charge in [-0.05, 0) is 75.3 Å². The fourth-order valence-electron chi connectivity index (χ4n) is 6.08. The van der Waals surface area contributed by atoms with Gasteiger partial charge in [0.05, 0.1) is 5.52 Å². The zero-order valence-corrected chi connectivity index (χ0v) is 16.2. The molecule has 4 aliphatic rings. The number of nitrogens with one attached hydrogen (secondary N) is 1. The van der Waals surface area contributed by atoms with E-state index in [1.807, 2.05) is 30.3 Å². The smallest absolute Gasteiger partial charge is 0.357 e. The number of carbonyl (C=O) groups excluding carboxylic acids is 2. The van der Waals surface area contributed by atoms with Gasteiger partial charge in [-0.3, -0.25) is 4.79 Å². The minimum absolute atomic E-state index is 0.0757. The highest BCUT2D eigenvalue weighted by Crippen LogP contribution is 2.55. The molecule has 5 nitrogen and oxygen atoms in total. The summed E-state index contributed by atoms with van der Waals surface area (Å²) in [6.45, 7) is 1.65. The van der Waals surface area contributed by atoms with Crippen LogP contribution in [0.25, 0.3) is 10.9 Å². The first-order valence-electron chi connectivity index (χ1n) is 10.4. The number of nitrogens with zero attached hydrogens (tertiary/aromatic N) is 1. The molecule has 5 heteroatoms. The van der Waals surface area contributed by atoms with Crippen LogP contribution in [-0.2, 0) is 9.53 Å². The standard InChI is InChI=1S/C23H26N2O3/c1-14(28-22(27)20-7-6-18-4-2-3-5-19(18)24-20)21(26)25-23-11-15-8-16(12-23)10-17(9-15)13-23/h2-7,14-17H,8-13H2,1H3,(H,25,26)/t14-,15?,16?,17?,23?/m0/s1. The molecule has 1 aromatic carbocycles. The van der Waals surface area contributed by atoms with Gasteiger partial charge >= 0.3 is 5.97 Å². The van der Waals surface area contributed by atoms with Crippen molar-refractivity contribution < 1.29 is 14.3 Å². The van der Waals surface area contributed by atoms with Crippen LogP contribution in [0.2, 0.25) is 0 Å². The summed E-state index contributed by atoms with van der Waals surface area (Å²) in [4.78, 5) is 29.7. The second-order valence-electron chi connectivity index (χ2n) is 9.12. The number of amides is 1. The molecule has 4 aliphatic carbocycles. The molecule has 6 rings (SSSR count). The van der Waals surface area contributed by atoms with Gasteiger partial charge < -0.3 is 10.1 Å². The van der Waals surface area contributed by atoms with Gasteiger partial charge in [-0.2, -0.15) is 0 Å². The summed E-state index contributed by atoms with van der Waals surface area (Å²) in [6.07, 6.45) is 6.40. The van der Waals surface area contributed by atoms with E-state index in [9.17, 15) is 9.59 Å². The van der Waals surface area contributed by atoms with Gasteiger partial charge in [0.1, 0.15) is 5.69 Å². The van der Waals surface area contributed by atoms with Crippen LogP contribution < -0.4 is 5.32 Å². The Bertz CT molecular complexity index is 903. The predicted octanol–water partition coefficient (Wildman–Crippen LogP) is 3.87. The molecule has 4 fully saturated rings. The normalized spacial score (nSPS) is 31.5. The average molecular weight is 378 g/mol. The zero-order chi connectivity index (χ0) is 19.3. The zero-order valence-electron chi connectivity index (χ0n) is 16.2. The fraction of sp³-hybridized carbons (Fsp3) is 0.522. The van der Waals surface area contributed by atoms with E-state index in [0.717, 1.165) is 47.9 Å². The third-order valence-corrected chi connectivity index (χ3v) is 6.89. The molecule has 0 unspecified atom stereocenters. The highest BCUT2D eigenvalue weighted by atomic mass is 16.5. The Balaban J connectivity index is 1.25. The molecule has 1 aromatic heterocycles. The third-order valence-electron chi connectivity index (χ3n) is 6.89. The molecule has 0 saturated heterocycles. The Morgan fingerprint density at radius 2 is 1.68 bits per heavy atom. The lowest BCUT2D eigenvalue weighted by Crippen LogP contribution is -2.61. The molecule has 28 heavy (non-hydrogen) atoms. The van der Waals surface area contributed by atoms with E-state index in [2.05, 4.69) is 10.3 Å². The molecule has 4 bridgehead atoms. The average Bonchev–Trinajstić information content (AvgIpc) is 2.66. The molecule has 0 radical (unpaired) electrons. The summed E-state index contributed by atoms with van der Waals surface area (Å²) in [7, 11) is 0. The summed E-state index contributed by atoms with van der Waals surface area (Å²) < 4.78 is 5.45. The number of hydrogen-bond donors (Lipinski definition) is 1. The SMILES string of the molecule is C[C@H](OC(=O)c1ccc2ccccc2n1)C(=O)NC12CC3CC(CC(C3)C1)C2. The Hall–Kier alpha value is -2.43. The maximum atomic E-state index is 12.8. The number of aromatic nitrogens is 1. The highest BCUT2D eigenvalue weighted by molar-refractivity contribution is 5.93. The van der Waals surface area contributed by atoms with Crippen molar-refractivity contribution in [2.45, 2.75) is 57.1 Å². The molecular formula is C23H26N2O3. The number of rotatable bonds is 4. The molecule has 1 amide bonds. The molecule has 0 spiro atoms. The number of hydrogen-bond acceptors (Lipinski definition) is 4. The molecule has 1 heterocycles. The number of para-hydroxylation sites is 1. The Labute approximate surface area is 164 Å². The van der Waals surface area contributed by atoms with Gasteiger partial charge in [0.2, 0.25) is 0 Å². The van der Waals surface area contributed by atoms with Gasteiger partial charge in [0, 0.05) is 10.9 Å². The number of ether oxygens (including phenoxy) is 1. The maximum Gasteiger partial charge on any atom is 0.357 e. The molecule has 0 aliphatic heterocycles. The van der Waals surface area contributed by atoms with Gasteiger partial charge in [0.25, 0.3) is 5.91 Å². The van der Waals surface area contributed by atoms with E-state index in [-0.39, 0.29) is 17.1 Å². The van der Waals surface area contributed by atoms with Crippen molar-refractivity contribution in [3.63, 3.8) is 0 Å². The quantitative estimate of drug-likeness (QED) is 0.820. The number of fused-ring (bicyclic) bond motifs is 1. The monoisotopic (exact) mass is 378 g/mol. The van der Waals surface area contributed by atoms with Crippen LogP contribution in [0.5, 0.6) is 0 Å². The molecular weight excluding hydrogens is 352 g/mol. The second kappa shape index (κ2) is 6.57. The van der Waals surface area contributed by atoms with Crippen LogP contribution in [0.4, 0.5) is 0 Å². The van der Waals surface area contributed by atoms with Gasteiger partial charge in [0.15, 0.2) is 6.10 Å². The van der Waals surface area contributed by atoms with Crippen LogP contribution in [0.15, 0.2) is 36.4 Å². The van der Waals surface area contributed by atoms with E-state index in [4.69, 9.17) is 4.74 Å². The lowest BCUT2D eigenvalue weighted by molar-refractivity contribution is -0.134. The molecule has 1 atom stereocenters. The van der Waals surface area contributed by atoms with Gasteiger partial charge in [-0.15, -0.1) is 0 Å². The highest BCUT2D eigenvalue weighted by Gasteiger charge is 2.51. The number of benzene rings is 1. The number of carbonyl (C=O) groups is 2. The van der Waals surface area contributed by atoms with Crippen molar-refractivity contribution in [3.8, 4) is 0 Å². The van der Waals surface area contributed by atoms with E-state index < -0.39 is 12.1 Å². The van der Waals surface area contributed by atoms with Crippen LogP contribution >= 0.6 is 0 Å². The Kier molecular flexibility index (Phi) is 4.14. The lowest BCUT2D eigenvalue weighted by Gasteiger charge is -2.57. The largest absolute Gasteiger partial charge is 0.448 e. The minimum Gasteiger partial charge on any atom is -0.448 e. The third kappa shape index (κ3) is 3.17. The molecule has 1 N–H and O–H groups in total. The summed E-state index contributed by atoms with van der Waals surface area (Å²) in [5.74, 6) is 1.53. The molecule has 4 saturated carbocycles. The van der Waals surface area contributed by atoms with Crippen LogP contribution in [0.1, 0.15) is 55.9 Å². The summed E-state index contributed by atoms with van der Waals surface area (Å²) in [5, 5.41) is 4.24. The van der Waals surface area contributed by atoms with Crippen molar-refractivity contribution in [2.75, 3.05) is 0 Å². The lowest BCUT2D eigenvalue weighted by atomic mass is 9.53. The van der Waals surface area contributed by atoms with Crippen molar-refractivity contribution in [1.29, 1.82) is 0 Å². The number of pyridine rings is 1. The minimum atomic E-state index is -0.825. The Morgan fingerprint density at radius 3 is 2.36 bits per heavy atom. The van der Waals surface area contributed by atoms with Gasteiger partial charge in [-0.25, -0.2) is 9.78 Å². The first-order valence-corrected chi connectivity index (χ1v) is 10.4. The van der Waals surface area contributed by atoms with Crippen molar-refractivity contribution >= 4 is 22.8 Å². The predicted molar refractivity (Wildman–Crippen MR) is 106 cm³/mol. The van der Waals surface area contributed by atoms with Crippen LogP contribution in [0, 0.1) is 17.8 Å². The van der Waals surface area contributed by atoms with Crippen molar-refractivity contribution in [1.82, 2.24) is 10.3 Å². The fourth-order valence-corrected chi connectivity index (χ4v) is 6.08. The maximum absolute atomic E-state index is 12.8. The van der Waals surface area contributed by atoms with E-state index in [1.54, 1.807) is 13.0 Å². The summed E-state index contributed by atoms with van der Waals surface area (Å²) >= 11 is 0. The summed E-state index contributed by atoms with van der Waals surface area (Å²) in [5.41, 5.74) is 0.893. The van der Waals surface area contributed by atoms with Gasteiger partial charge in [-0.1, -0.05) is 24.3 Å². The summed E-state index contributed by atoms with van der Waals surface area (Å²) in [6, 6.07) is 11.1. The van der Waals surface area contributed by atoms with Crippen molar-refractivity contribution in [3.05, 3.63) is 42.1 Å². The van der Waals surface area contributed by atoms with E-state index in [1.165, 1.54) is 19.3 Å². The van der Waals surface area contributed by atoms with E-state index in [0.29, 0.717) is 0 Å². The van der Waals surface area contributed by atoms with E-state index >= 15 is 0 Å². The van der Waals surface area contributed by atoms with Crippen molar-refractivity contribution in [2.24, 2.45) is 17.8 Å². The first kappa shape index (κ1) is 17.7. The van der Waals surface area contributed by atoms with Crippen LogP contribution in [-0.4, -0.2) is 28.5 Å². The number of esters is 1. The Morgan fingerprint density at radius 1 is 1.04 bits per heavy atom. The topological polar surface area (TPSA) is 68.3 Å².